The molecule has 0 unspecified atom stereocenters. The van der Waals surface area contributed by atoms with Gasteiger partial charge in [0.05, 0.1) is 23.3 Å². The fourth-order valence-corrected chi connectivity index (χ4v) is 4.33. The molecule has 0 aliphatic rings. The highest BCUT2D eigenvalue weighted by molar-refractivity contribution is 7.92. The van der Waals surface area contributed by atoms with E-state index in [4.69, 9.17) is 4.74 Å². The number of para-hydroxylation sites is 2. The highest BCUT2D eigenvalue weighted by Crippen LogP contribution is 2.30. The van der Waals surface area contributed by atoms with Crippen LogP contribution in [0.3, 0.4) is 0 Å². The van der Waals surface area contributed by atoms with Gasteiger partial charge in [0.15, 0.2) is 0 Å². The minimum atomic E-state index is -3.81. The molecule has 168 valence electrons. The lowest BCUT2D eigenvalue weighted by molar-refractivity contribution is 0.415. The van der Waals surface area contributed by atoms with Crippen LogP contribution in [-0.2, 0) is 10.0 Å². The Morgan fingerprint density at radius 3 is 2.33 bits per heavy atom. The number of rotatable bonds is 7. The van der Waals surface area contributed by atoms with Crippen LogP contribution < -0.4 is 15.0 Å². The molecule has 0 saturated heterocycles. The molecule has 1 aromatic heterocycles. The summed E-state index contributed by atoms with van der Waals surface area (Å²) in [6.07, 6.45) is 1.45. The summed E-state index contributed by atoms with van der Waals surface area (Å²) in [5.74, 6) is 0.263. The van der Waals surface area contributed by atoms with E-state index in [9.17, 15) is 13.2 Å². The zero-order chi connectivity index (χ0) is 23.4. The Balaban J connectivity index is 1.63. The number of ether oxygens (including phenoxy) is 1. The van der Waals surface area contributed by atoms with E-state index >= 15 is 0 Å². The smallest absolute Gasteiger partial charge is 0.280 e. The van der Waals surface area contributed by atoms with Gasteiger partial charge in [0.1, 0.15) is 11.4 Å². The van der Waals surface area contributed by atoms with Crippen LogP contribution in [0.2, 0.25) is 0 Å². The normalized spacial score (nSPS) is 11.6. The molecule has 0 amide bonds. The van der Waals surface area contributed by atoms with Crippen LogP contribution in [0.4, 0.5) is 11.4 Å². The van der Waals surface area contributed by atoms with Crippen LogP contribution in [0.25, 0.3) is 5.69 Å². The second-order valence-electron chi connectivity index (χ2n) is 7.19. The summed E-state index contributed by atoms with van der Waals surface area (Å²) in [5, 5.41) is 3.04. The number of anilines is 1. The largest absolute Gasteiger partial charge is 0.494 e. The van der Waals surface area contributed by atoms with Gasteiger partial charge in [-0.1, -0.05) is 36.4 Å². The Morgan fingerprint density at radius 1 is 1.00 bits per heavy atom. The maximum atomic E-state index is 12.8. The molecule has 0 spiro atoms. The number of aromatic amines is 1. The topological polar surface area (TPSA) is 106 Å². The monoisotopic (exact) mass is 462 g/mol. The van der Waals surface area contributed by atoms with Crippen molar-refractivity contribution in [3.63, 3.8) is 0 Å². The Kier molecular flexibility index (Phi) is 6.14. The lowest BCUT2D eigenvalue weighted by Crippen LogP contribution is -2.17. The van der Waals surface area contributed by atoms with Crippen molar-refractivity contribution < 1.29 is 13.2 Å². The molecular weight excluding hydrogens is 440 g/mol. The number of benzene rings is 3. The summed E-state index contributed by atoms with van der Waals surface area (Å²) in [4.78, 5) is 17.3. The number of aryl methyl sites for hydroxylation is 1. The van der Waals surface area contributed by atoms with Crippen LogP contribution in [0.5, 0.6) is 5.75 Å². The summed E-state index contributed by atoms with van der Waals surface area (Å²) in [5.41, 5.74) is 2.36. The predicted octanol–water partition coefficient (Wildman–Crippen LogP) is 4.03. The number of aliphatic imine (C=N–C) groups is 1. The van der Waals surface area contributed by atoms with E-state index in [1.807, 2.05) is 30.3 Å². The maximum Gasteiger partial charge on any atom is 0.280 e. The van der Waals surface area contributed by atoms with Gasteiger partial charge in [-0.3, -0.25) is 19.6 Å². The Bertz CT molecular complexity index is 1460. The molecule has 0 aliphatic carbocycles. The van der Waals surface area contributed by atoms with Gasteiger partial charge in [-0.05, 0) is 43.3 Å². The van der Waals surface area contributed by atoms with Crippen LogP contribution in [0, 0.1) is 6.92 Å². The number of hydrogen-bond acceptors (Lipinski definition) is 5. The van der Waals surface area contributed by atoms with Gasteiger partial charge in [-0.15, -0.1) is 0 Å². The first-order valence-electron chi connectivity index (χ1n) is 10.1. The third kappa shape index (κ3) is 4.73. The standard InChI is InChI=1S/C24H22N4O4S/c1-17-21(24(29)28(26-17)19-11-7-4-8-12-19)16-25-22-14-13-20(15-23(22)32-2)33(30,31)27-18-9-5-3-6-10-18/h3-16,26-27H,1-2H3. The van der Waals surface area contributed by atoms with Gasteiger partial charge in [0.2, 0.25) is 0 Å². The van der Waals surface area contributed by atoms with Crippen molar-refractivity contribution in [3.8, 4) is 11.4 Å². The van der Waals surface area contributed by atoms with Crippen LogP contribution in [0.1, 0.15) is 11.3 Å². The summed E-state index contributed by atoms with van der Waals surface area (Å²) in [6, 6.07) is 22.2. The highest BCUT2D eigenvalue weighted by atomic mass is 32.2. The molecule has 9 heteroatoms. The Hall–Kier alpha value is -4.11. The first-order chi connectivity index (χ1) is 15.9. The van der Waals surface area contributed by atoms with Crippen LogP contribution in [-0.4, -0.2) is 31.5 Å². The molecule has 8 nitrogen and oxygen atoms in total. The van der Waals surface area contributed by atoms with Gasteiger partial charge in [-0.25, -0.2) is 13.1 Å². The highest BCUT2D eigenvalue weighted by Gasteiger charge is 2.17. The summed E-state index contributed by atoms with van der Waals surface area (Å²) in [7, 11) is -2.38. The van der Waals surface area contributed by atoms with Gasteiger partial charge in [0, 0.05) is 23.7 Å². The lowest BCUT2D eigenvalue weighted by Gasteiger charge is -2.10. The van der Waals surface area contributed by atoms with Crippen LogP contribution >= 0.6 is 0 Å². The van der Waals surface area contributed by atoms with Gasteiger partial charge in [0.25, 0.3) is 15.6 Å². The number of nitrogens with one attached hydrogen (secondary N) is 2. The second-order valence-corrected chi connectivity index (χ2v) is 8.87. The van der Waals surface area contributed by atoms with E-state index in [0.29, 0.717) is 28.3 Å². The zero-order valence-electron chi connectivity index (χ0n) is 18.0. The molecule has 0 aliphatic heterocycles. The molecule has 3 aromatic carbocycles. The first-order valence-corrected chi connectivity index (χ1v) is 11.5. The van der Waals surface area contributed by atoms with Gasteiger partial charge < -0.3 is 4.74 Å². The maximum absolute atomic E-state index is 12.8. The number of sulfonamides is 1. The van der Waals surface area contributed by atoms with Crippen molar-refractivity contribution in [1.29, 1.82) is 0 Å². The summed E-state index contributed by atoms with van der Waals surface area (Å²) in [6.45, 7) is 1.78. The number of H-pyrrole nitrogens is 1. The molecule has 1 heterocycles. The zero-order valence-corrected chi connectivity index (χ0v) is 18.8. The molecule has 2 N–H and O–H groups in total. The third-order valence-electron chi connectivity index (χ3n) is 4.95. The van der Waals surface area contributed by atoms with Crippen LogP contribution in [0.15, 0.2) is 93.5 Å². The quantitative estimate of drug-likeness (QED) is 0.405. The van der Waals surface area contributed by atoms with Gasteiger partial charge >= 0.3 is 0 Å². The number of hydrogen-bond donors (Lipinski definition) is 2. The van der Waals surface area contributed by atoms with Crippen molar-refractivity contribution in [1.82, 2.24) is 9.78 Å². The first kappa shape index (κ1) is 22.1. The molecule has 33 heavy (non-hydrogen) atoms. The van der Waals surface area contributed by atoms with E-state index in [1.165, 1.54) is 36.2 Å². The minimum absolute atomic E-state index is 0.0337. The van der Waals surface area contributed by atoms with E-state index in [0.717, 1.165) is 0 Å². The van der Waals surface area contributed by atoms with Gasteiger partial charge in [-0.2, -0.15) is 0 Å². The third-order valence-corrected chi connectivity index (χ3v) is 6.33. The predicted molar refractivity (Wildman–Crippen MR) is 129 cm³/mol. The summed E-state index contributed by atoms with van der Waals surface area (Å²) >= 11 is 0. The molecule has 0 bridgehead atoms. The molecular formula is C24H22N4O4S. The molecule has 0 fully saturated rings. The van der Waals surface area contributed by atoms with E-state index in [2.05, 4.69) is 14.8 Å². The van der Waals surface area contributed by atoms with Crippen molar-refractivity contribution in [3.05, 3.63) is 100 Å². The Morgan fingerprint density at radius 2 is 1.67 bits per heavy atom. The number of methoxy groups -OCH3 is 1. The molecule has 4 rings (SSSR count). The van der Waals surface area contributed by atoms with Crippen molar-refractivity contribution in [2.24, 2.45) is 4.99 Å². The minimum Gasteiger partial charge on any atom is -0.494 e. The fraction of sp³-hybridized carbons (Fsp3) is 0.0833. The molecule has 0 atom stereocenters. The van der Waals surface area contributed by atoms with Crippen molar-refractivity contribution >= 4 is 27.6 Å². The van der Waals surface area contributed by atoms with Crippen molar-refractivity contribution in [2.45, 2.75) is 11.8 Å². The average Bonchev–Trinajstić information content (AvgIpc) is 3.11. The van der Waals surface area contributed by atoms with E-state index in [1.54, 1.807) is 37.3 Å². The number of aromatic nitrogens is 2. The Labute approximate surface area is 191 Å². The fourth-order valence-electron chi connectivity index (χ4n) is 3.26. The molecule has 0 saturated carbocycles. The molecule has 4 aromatic rings. The SMILES string of the molecule is COc1cc(S(=O)(=O)Nc2ccccc2)ccc1N=Cc1c(C)[nH]n(-c2ccccc2)c1=O. The lowest BCUT2D eigenvalue weighted by atomic mass is 10.2. The molecule has 0 radical (unpaired) electrons. The number of nitrogens with zero attached hydrogens (tertiary/aromatic N) is 2. The van der Waals surface area contributed by atoms with E-state index < -0.39 is 10.0 Å². The van der Waals surface area contributed by atoms with Crippen molar-refractivity contribution in [2.75, 3.05) is 11.8 Å². The van der Waals surface area contributed by atoms with E-state index in [-0.39, 0.29) is 16.2 Å². The summed E-state index contributed by atoms with van der Waals surface area (Å²) < 4.78 is 34.8. The second kappa shape index (κ2) is 9.17. The average molecular weight is 463 g/mol.